The first-order chi connectivity index (χ1) is 33.7. The van der Waals surface area contributed by atoms with Gasteiger partial charge in [0.1, 0.15) is 0 Å². The Labute approximate surface area is 435 Å². The van der Waals surface area contributed by atoms with Crippen LogP contribution < -0.4 is 0 Å². The third kappa shape index (κ3) is 56.9. The van der Waals surface area contributed by atoms with Crippen molar-refractivity contribution in [3.8, 4) is 0 Å². The molecule has 0 fully saturated rings. The Hall–Kier alpha value is 0. The minimum atomic E-state index is 0.886. The molecular formula is C68H137. The molecule has 0 rings (SSSR count). The summed E-state index contributed by atoms with van der Waals surface area (Å²) >= 11 is 0. The zero-order chi connectivity index (χ0) is 49.2. The minimum absolute atomic E-state index is 0.886. The highest BCUT2D eigenvalue weighted by atomic mass is 14.3. The van der Waals surface area contributed by atoms with Crippen LogP contribution in [0.5, 0.6) is 0 Å². The van der Waals surface area contributed by atoms with Crippen LogP contribution in [0, 0.1) is 17.8 Å². The molecule has 0 heterocycles. The van der Waals surface area contributed by atoms with Gasteiger partial charge in [-0.2, -0.15) is 0 Å². The van der Waals surface area contributed by atoms with E-state index in [1.54, 1.807) is 0 Å². The van der Waals surface area contributed by atoms with E-state index in [0.717, 1.165) is 11.8 Å². The second-order valence-corrected chi connectivity index (χ2v) is 24.0. The second-order valence-electron chi connectivity index (χ2n) is 24.0. The van der Waals surface area contributed by atoms with Crippen LogP contribution in [0.15, 0.2) is 0 Å². The van der Waals surface area contributed by atoms with Gasteiger partial charge in [0.25, 0.3) is 0 Å². The minimum Gasteiger partial charge on any atom is -0.0654 e. The van der Waals surface area contributed by atoms with E-state index in [0.29, 0.717) is 0 Å². The number of hydrogen-bond donors (Lipinski definition) is 0. The van der Waals surface area contributed by atoms with Crippen molar-refractivity contribution in [2.75, 3.05) is 0 Å². The van der Waals surface area contributed by atoms with Crippen LogP contribution in [0.2, 0.25) is 0 Å². The van der Waals surface area contributed by atoms with Gasteiger partial charge in [-0.05, 0) is 43.4 Å². The van der Waals surface area contributed by atoms with Gasteiger partial charge in [0.05, 0.1) is 0 Å². The van der Waals surface area contributed by atoms with E-state index < -0.39 is 0 Å². The topological polar surface area (TPSA) is 0 Å². The lowest BCUT2D eigenvalue weighted by molar-refractivity contribution is 0.370. The molecule has 0 amide bonds. The molecule has 1 radical (unpaired) electrons. The molecule has 0 aliphatic heterocycles. The SMILES string of the molecule is CCCCCCCCCCCCCCCCCC[C](CCCCCCCCCCCCCCCC)C(CCCCCCCCCCCCCCCC)CCCCCCCCCCCCCC(C)C. The van der Waals surface area contributed by atoms with Gasteiger partial charge < -0.3 is 0 Å². The number of unbranched alkanes of at least 4 members (excludes halogenated alkanes) is 51. The Kier molecular flexibility index (Phi) is 61.3. The van der Waals surface area contributed by atoms with Crippen LogP contribution in [0.3, 0.4) is 0 Å². The lowest BCUT2D eigenvalue weighted by atomic mass is 9.78. The predicted molar refractivity (Wildman–Crippen MR) is 316 cm³/mol. The molecule has 1 atom stereocenters. The van der Waals surface area contributed by atoms with Crippen LogP contribution in [0.1, 0.15) is 420 Å². The summed E-state index contributed by atoms with van der Waals surface area (Å²) < 4.78 is 0. The standard InChI is InChI=1S/C68H137/c1-6-9-12-15-18-21-24-27-30-31-34-39-44-49-54-59-64-67(62-57-52-47-42-37-32-28-25-22-19-16-13-10-7-2)68(63-58-53-48-43-38-33-29-26-23-20-17-14-11-8-3)65-60-55-50-45-40-35-36-41-46-51-56-61-66(4)5/h66,68H,6-65H2,1-5H3. The Bertz CT molecular complexity index is 841. The third-order valence-electron chi connectivity index (χ3n) is 16.5. The molecule has 0 aromatic rings. The fourth-order valence-electron chi connectivity index (χ4n) is 11.7. The van der Waals surface area contributed by atoms with Gasteiger partial charge in [0, 0.05) is 0 Å². The summed E-state index contributed by atoms with van der Waals surface area (Å²) in [5.74, 6) is 3.87. The molecule has 0 saturated heterocycles. The van der Waals surface area contributed by atoms with Crippen molar-refractivity contribution in [1.29, 1.82) is 0 Å². The molecule has 0 aromatic heterocycles. The summed E-state index contributed by atoms with van der Waals surface area (Å²) in [6.07, 6.45) is 88.7. The average Bonchev–Trinajstić information content (AvgIpc) is 3.34. The first-order valence-electron chi connectivity index (χ1n) is 33.5. The van der Waals surface area contributed by atoms with E-state index in [4.69, 9.17) is 0 Å². The van der Waals surface area contributed by atoms with E-state index >= 15 is 0 Å². The predicted octanol–water partition coefficient (Wildman–Crippen LogP) is 26.3. The maximum atomic E-state index is 2.38. The Morgan fingerprint density at radius 1 is 0.191 bits per heavy atom. The summed E-state index contributed by atoms with van der Waals surface area (Å²) in [5.41, 5.74) is 0. The molecule has 0 spiro atoms. The highest BCUT2D eigenvalue weighted by molar-refractivity contribution is 4.96. The van der Waals surface area contributed by atoms with Crippen molar-refractivity contribution in [2.24, 2.45) is 11.8 Å². The molecule has 409 valence electrons. The molecular weight excluding hydrogens is 817 g/mol. The van der Waals surface area contributed by atoms with Gasteiger partial charge >= 0.3 is 0 Å². The first kappa shape index (κ1) is 68.0. The lowest BCUT2D eigenvalue weighted by Crippen LogP contribution is -2.14. The summed E-state index contributed by atoms with van der Waals surface area (Å²) in [6, 6.07) is 0. The Morgan fingerprint density at radius 2 is 0.353 bits per heavy atom. The fraction of sp³-hybridized carbons (Fsp3) is 0.985. The largest absolute Gasteiger partial charge is 0.0654 e. The highest BCUT2D eigenvalue weighted by Gasteiger charge is 2.21. The van der Waals surface area contributed by atoms with Crippen LogP contribution >= 0.6 is 0 Å². The summed E-state index contributed by atoms with van der Waals surface area (Å²) in [6.45, 7) is 11.8. The molecule has 0 bridgehead atoms. The van der Waals surface area contributed by atoms with Crippen LogP contribution in [0.25, 0.3) is 0 Å². The van der Waals surface area contributed by atoms with E-state index in [1.807, 2.05) is 0 Å². The van der Waals surface area contributed by atoms with Crippen molar-refractivity contribution in [3.63, 3.8) is 0 Å². The van der Waals surface area contributed by atoms with Crippen molar-refractivity contribution in [3.05, 3.63) is 5.92 Å². The molecule has 0 aliphatic carbocycles. The average molecular weight is 955 g/mol. The highest BCUT2D eigenvalue weighted by Crippen LogP contribution is 2.35. The molecule has 68 heavy (non-hydrogen) atoms. The van der Waals surface area contributed by atoms with E-state index in [2.05, 4.69) is 40.5 Å². The third-order valence-corrected chi connectivity index (χ3v) is 16.5. The molecule has 0 N–H and O–H groups in total. The van der Waals surface area contributed by atoms with Gasteiger partial charge in [-0.3, -0.25) is 0 Å². The van der Waals surface area contributed by atoms with Crippen molar-refractivity contribution in [2.45, 2.75) is 420 Å². The molecule has 1 unspecified atom stereocenters. The normalized spacial score (nSPS) is 12.4. The van der Waals surface area contributed by atoms with E-state index in [-0.39, 0.29) is 0 Å². The van der Waals surface area contributed by atoms with Gasteiger partial charge in [-0.25, -0.2) is 0 Å². The van der Waals surface area contributed by atoms with Crippen LogP contribution in [-0.4, -0.2) is 0 Å². The molecule has 0 saturated carbocycles. The van der Waals surface area contributed by atoms with Crippen molar-refractivity contribution < 1.29 is 0 Å². The smallest absolute Gasteiger partial charge is 0.0210 e. The van der Waals surface area contributed by atoms with Gasteiger partial charge in [-0.15, -0.1) is 0 Å². The molecule has 0 nitrogen and oxygen atoms in total. The maximum absolute atomic E-state index is 2.38. The number of rotatable bonds is 62. The molecule has 0 aliphatic rings. The zero-order valence-corrected chi connectivity index (χ0v) is 49.1. The van der Waals surface area contributed by atoms with Crippen molar-refractivity contribution >= 4 is 0 Å². The van der Waals surface area contributed by atoms with E-state index in [9.17, 15) is 0 Å². The maximum Gasteiger partial charge on any atom is -0.0210 e. The molecule has 0 heteroatoms. The van der Waals surface area contributed by atoms with Crippen molar-refractivity contribution in [1.82, 2.24) is 0 Å². The van der Waals surface area contributed by atoms with Crippen LogP contribution in [-0.2, 0) is 0 Å². The molecule has 0 aromatic carbocycles. The number of hydrogen-bond acceptors (Lipinski definition) is 0. The van der Waals surface area contributed by atoms with Gasteiger partial charge in [0.15, 0.2) is 0 Å². The second kappa shape index (κ2) is 61.3. The lowest BCUT2D eigenvalue weighted by Gasteiger charge is -2.28. The van der Waals surface area contributed by atoms with E-state index in [1.165, 1.54) is 385 Å². The zero-order valence-electron chi connectivity index (χ0n) is 49.1. The monoisotopic (exact) mass is 954 g/mol. The fourth-order valence-corrected chi connectivity index (χ4v) is 11.7. The summed E-state index contributed by atoms with van der Waals surface area (Å²) in [7, 11) is 0. The Balaban J connectivity index is 4.90. The van der Waals surface area contributed by atoms with Gasteiger partial charge in [0.2, 0.25) is 0 Å². The summed E-state index contributed by atoms with van der Waals surface area (Å²) in [5, 5.41) is 0. The van der Waals surface area contributed by atoms with Crippen LogP contribution in [0.4, 0.5) is 0 Å². The van der Waals surface area contributed by atoms with Gasteiger partial charge in [-0.1, -0.05) is 394 Å². The quantitative estimate of drug-likeness (QED) is 0.0533. The summed E-state index contributed by atoms with van der Waals surface area (Å²) in [4.78, 5) is 0. The first-order valence-corrected chi connectivity index (χ1v) is 33.5. The Morgan fingerprint density at radius 3 is 0.544 bits per heavy atom.